The van der Waals surface area contributed by atoms with Crippen LogP contribution in [0.1, 0.15) is 31.9 Å². The Hall–Kier alpha value is -1.58. The van der Waals surface area contributed by atoms with Crippen LogP contribution in [-0.2, 0) is 6.54 Å². The lowest BCUT2D eigenvalue weighted by Gasteiger charge is -2.23. The maximum Gasteiger partial charge on any atom is 0.191 e. The van der Waals surface area contributed by atoms with Crippen molar-refractivity contribution < 1.29 is 4.39 Å². The third-order valence-electron chi connectivity index (χ3n) is 2.40. The molecule has 0 fully saturated rings. The smallest absolute Gasteiger partial charge is 0.191 e. The molecule has 0 aliphatic heterocycles. The van der Waals surface area contributed by atoms with Crippen molar-refractivity contribution in [1.29, 1.82) is 0 Å². The molecule has 4 heteroatoms. The van der Waals surface area contributed by atoms with Crippen LogP contribution in [0.2, 0.25) is 0 Å². The number of aliphatic imine (C=N–C) groups is 1. The van der Waals surface area contributed by atoms with E-state index in [1.54, 1.807) is 20.0 Å². The Bertz CT molecular complexity index is 433. The molecule has 0 bridgehead atoms. The summed E-state index contributed by atoms with van der Waals surface area (Å²) in [6.07, 6.45) is 0. The van der Waals surface area contributed by atoms with E-state index in [0.29, 0.717) is 12.1 Å². The zero-order valence-electron chi connectivity index (χ0n) is 11.8. The van der Waals surface area contributed by atoms with Crippen LogP contribution in [0, 0.1) is 12.7 Å². The van der Waals surface area contributed by atoms with E-state index in [2.05, 4.69) is 36.4 Å². The molecule has 0 aliphatic carbocycles. The van der Waals surface area contributed by atoms with Crippen LogP contribution in [0.15, 0.2) is 23.2 Å². The van der Waals surface area contributed by atoms with Crippen LogP contribution in [0.4, 0.5) is 4.39 Å². The molecule has 0 spiro atoms. The highest BCUT2D eigenvalue weighted by molar-refractivity contribution is 5.80. The second-order valence-corrected chi connectivity index (χ2v) is 5.38. The van der Waals surface area contributed by atoms with E-state index in [1.807, 2.05) is 6.07 Å². The predicted molar refractivity (Wildman–Crippen MR) is 74.2 cm³/mol. The lowest BCUT2D eigenvalue weighted by molar-refractivity contribution is 0.501. The summed E-state index contributed by atoms with van der Waals surface area (Å²) >= 11 is 0. The van der Waals surface area contributed by atoms with Gasteiger partial charge in [0.2, 0.25) is 0 Å². The minimum absolute atomic E-state index is 0.0411. The van der Waals surface area contributed by atoms with Gasteiger partial charge in [-0.05, 0) is 44.9 Å². The van der Waals surface area contributed by atoms with Crippen LogP contribution in [0.3, 0.4) is 0 Å². The number of benzene rings is 1. The van der Waals surface area contributed by atoms with Gasteiger partial charge in [0.05, 0.1) is 0 Å². The van der Waals surface area contributed by atoms with Gasteiger partial charge in [-0.15, -0.1) is 0 Å². The molecule has 0 saturated carbocycles. The molecule has 0 saturated heterocycles. The quantitative estimate of drug-likeness (QED) is 0.626. The number of rotatable bonds is 2. The van der Waals surface area contributed by atoms with Gasteiger partial charge in [-0.25, -0.2) is 4.39 Å². The molecular formula is C14H22FN3. The first-order valence-corrected chi connectivity index (χ1v) is 6.05. The fourth-order valence-corrected chi connectivity index (χ4v) is 1.54. The highest BCUT2D eigenvalue weighted by atomic mass is 19.1. The maximum absolute atomic E-state index is 13.1. The van der Waals surface area contributed by atoms with Crippen molar-refractivity contribution in [3.63, 3.8) is 0 Å². The third-order valence-corrected chi connectivity index (χ3v) is 2.40. The van der Waals surface area contributed by atoms with E-state index in [9.17, 15) is 4.39 Å². The summed E-state index contributed by atoms with van der Waals surface area (Å²) in [7, 11) is 1.73. The van der Waals surface area contributed by atoms with Crippen LogP contribution < -0.4 is 10.6 Å². The Balaban J connectivity index is 2.61. The lowest BCUT2D eigenvalue weighted by Crippen LogP contribution is -2.47. The summed E-state index contributed by atoms with van der Waals surface area (Å²) in [5.74, 6) is 0.570. The summed E-state index contributed by atoms with van der Waals surface area (Å²) in [6, 6.07) is 5.11. The standard InChI is InChI=1S/C14H22FN3/c1-10-8-11(6-7-12(10)15)9-17-13(16-5)18-14(2,3)4/h6-8H,9H2,1-5H3,(H2,16,17,18). The molecule has 0 amide bonds. The number of guanidine groups is 1. The first-order valence-electron chi connectivity index (χ1n) is 6.05. The minimum Gasteiger partial charge on any atom is -0.352 e. The molecule has 0 heterocycles. The van der Waals surface area contributed by atoms with Gasteiger partial charge in [0.25, 0.3) is 0 Å². The van der Waals surface area contributed by atoms with Gasteiger partial charge in [-0.3, -0.25) is 4.99 Å². The van der Waals surface area contributed by atoms with Gasteiger partial charge >= 0.3 is 0 Å². The molecule has 18 heavy (non-hydrogen) atoms. The van der Waals surface area contributed by atoms with E-state index in [0.717, 1.165) is 11.5 Å². The van der Waals surface area contributed by atoms with Gasteiger partial charge < -0.3 is 10.6 Å². The number of nitrogens with zero attached hydrogens (tertiary/aromatic N) is 1. The van der Waals surface area contributed by atoms with Crippen molar-refractivity contribution in [2.24, 2.45) is 4.99 Å². The van der Waals surface area contributed by atoms with Crippen LogP contribution in [0.25, 0.3) is 0 Å². The van der Waals surface area contributed by atoms with E-state index < -0.39 is 0 Å². The first-order chi connectivity index (χ1) is 8.31. The topological polar surface area (TPSA) is 36.4 Å². The zero-order valence-corrected chi connectivity index (χ0v) is 11.8. The molecule has 3 nitrogen and oxygen atoms in total. The summed E-state index contributed by atoms with van der Waals surface area (Å²) in [4.78, 5) is 4.15. The minimum atomic E-state index is -0.170. The Morgan fingerprint density at radius 1 is 1.33 bits per heavy atom. The van der Waals surface area contributed by atoms with Gasteiger partial charge in [0.15, 0.2) is 5.96 Å². The fourth-order valence-electron chi connectivity index (χ4n) is 1.54. The average Bonchev–Trinajstić information content (AvgIpc) is 2.27. The molecule has 0 unspecified atom stereocenters. The van der Waals surface area contributed by atoms with Crippen molar-refractivity contribution in [3.05, 3.63) is 35.1 Å². The molecule has 1 aromatic carbocycles. The van der Waals surface area contributed by atoms with Gasteiger partial charge in [-0.2, -0.15) is 0 Å². The largest absolute Gasteiger partial charge is 0.352 e. The zero-order chi connectivity index (χ0) is 13.8. The van der Waals surface area contributed by atoms with E-state index in [-0.39, 0.29) is 11.4 Å². The molecule has 100 valence electrons. The number of nitrogens with one attached hydrogen (secondary N) is 2. The van der Waals surface area contributed by atoms with Crippen LogP contribution in [0.5, 0.6) is 0 Å². The van der Waals surface area contributed by atoms with E-state index >= 15 is 0 Å². The summed E-state index contributed by atoms with van der Waals surface area (Å²) in [6.45, 7) is 8.60. The molecular weight excluding hydrogens is 229 g/mol. The lowest BCUT2D eigenvalue weighted by atomic mass is 10.1. The Morgan fingerprint density at radius 3 is 2.50 bits per heavy atom. The van der Waals surface area contributed by atoms with Gasteiger partial charge in [0, 0.05) is 19.1 Å². The fraction of sp³-hybridized carbons (Fsp3) is 0.500. The summed E-state index contributed by atoms with van der Waals surface area (Å²) < 4.78 is 13.1. The highest BCUT2D eigenvalue weighted by Crippen LogP contribution is 2.09. The van der Waals surface area contributed by atoms with Gasteiger partial charge in [0.1, 0.15) is 5.82 Å². The molecule has 0 aliphatic rings. The van der Waals surface area contributed by atoms with Crippen molar-refractivity contribution >= 4 is 5.96 Å². The Morgan fingerprint density at radius 2 is 2.00 bits per heavy atom. The molecule has 0 radical (unpaired) electrons. The molecule has 0 atom stereocenters. The number of aryl methyl sites for hydroxylation is 1. The average molecular weight is 251 g/mol. The molecule has 1 rings (SSSR count). The van der Waals surface area contributed by atoms with Crippen molar-refractivity contribution in [3.8, 4) is 0 Å². The second-order valence-electron chi connectivity index (χ2n) is 5.38. The normalized spacial score (nSPS) is 12.4. The summed E-state index contributed by atoms with van der Waals surface area (Å²) in [5, 5.41) is 6.47. The number of halogens is 1. The van der Waals surface area contributed by atoms with E-state index in [4.69, 9.17) is 0 Å². The highest BCUT2D eigenvalue weighted by Gasteiger charge is 2.11. The third kappa shape index (κ3) is 4.73. The van der Waals surface area contributed by atoms with Crippen molar-refractivity contribution in [2.45, 2.75) is 39.8 Å². The monoisotopic (exact) mass is 251 g/mol. The molecule has 0 aromatic heterocycles. The van der Waals surface area contributed by atoms with Crippen molar-refractivity contribution in [1.82, 2.24) is 10.6 Å². The predicted octanol–water partition coefficient (Wildman–Crippen LogP) is 2.60. The van der Waals surface area contributed by atoms with Gasteiger partial charge in [-0.1, -0.05) is 12.1 Å². The first kappa shape index (κ1) is 14.5. The second kappa shape index (κ2) is 5.85. The Kier molecular flexibility index (Phi) is 4.70. The molecule has 2 N–H and O–H groups in total. The SMILES string of the molecule is CN=C(NCc1ccc(F)c(C)c1)NC(C)(C)C. The van der Waals surface area contributed by atoms with Crippen molar-refractivity contribution in [2.75, 3.05) is 7.05 Å². The number of hydrogen-bond donors (Lipinski definition) is 2. The number of hydrogen-bond acceptors (Lipinski definition) is 1. The Labute approximate surface area is 109 Å². The van der Waals surface area contributed by atoms with E-state index in [1.165, 1.54) is 6.07 Å². The van der Waals surface area contributed by atoms with Crippen LogP contribution in [-0.4, -0.2) is 18.5 Å². The maximum atomic E-state index is 13.1. The van der Waals surface area contributed by atoms with Crippen LogP contribution >= 0.6 is 0 Å². The molecule has 1 aromatic rings. The summed E-state index contributed by atoms with van der Waals surface area (Å²) in [5.41, 5.74) is 1.65.